The Morgan fingerprint density at radius 3 is 2.12 bits per heavy atom. The molecular formula is C20H27NO2S. The quantitative estimate of drug-likeness (QED) is 0.869. The van der Waals surface area contributed by atoms with Crippen molar-refractivity contribution in [3.8, 4) is 0 Å². The zero-order valence-electron chi connectivity index (χ0n) is 15.1. The van der Waals surface area contributed by atoms with Crippen LogP contribution in [0.3, 0.4) is 0 Å². The Labute approximate surface area is 146 Å². The second-order valence-corrected chi connectivity index (χ2v) is 9.15. The predicted octanol–water partition coefficient (Wildman–Crippen LogP) is 4.47. The minimum atomic E-state index is -3.39. The van der Waals surface area contributed by atoms with Crippen molar-refractivity contribution in [2.24, 2.45) is 0 Å². The lowest BCUT2D eigenvalue weighted by Gasteiger charge is -2.21. The Kier molecular flexibility index (Phi) is 5.51. The largest absolute Gasteiger partial charge is 0.216 e. The summed E-state index contributed by atoms with van der Waals surface area (Å²) < 4.78 is 27.7. The van der Waals surface area contributed by atoms with Gasteiger partial charge in [-0.3, -0.25) is 0 Å². The van der Waals surface area contributed by atoms with Crippen LogP contribution >= 0.6 is 0 Å². The topological polar surface area (TPSA) is 46.2 Å². The highest BCUT2D eigenvalue weighted by Crippen LogP contribution is 2.24. The summed E-state index contributed by atoms with van der Waals surface area (Å²) >= 11 is 0. The number of sulfonamides is 1. The van der Waals surface area contributed by atoms with Crippen LogP contribution < -0.4 is 4.72 Å². The fourth-order valence-electron chi connectivity index (χ4n) is 2.63. The van der Waals surface area contributed by atoms with Crippen LogP contribution in [0, 0.1) is 6.92 Å². The van der Waals surface area contributed by atoms with Gasteiger partial charge >= 0.3 is 0 Å². The highest BCUT2D eigenvalue weighted by atomic mass is 32.2. The van der Waals surface area contributed by atoms with Gasteiger partial charge in [0.05, 0.1) is 5.75 Å². The van der Waals surface area contributed by atoms with Crippen molar-refractivity contribution in [3.63, 3.8) is 0 Å². The van der Waals surface area contributed by atoms with E-state index in [1.807, 2.05) is 50.2 Å². The minimum Gasteiger partial charge on any atom is -0.212 e. The van der Waals surface area contributed by atoms with Crippen LogP contribution in [0.25, 0.3) is 0 Å². The van der Waals surface area contributed by atoms with Crippen molar-refractivity contribution in [1.29, 1.82) is 0 Å². The predicted molar refractivity (Wildman–Crippen MR) is 100 cm³/mol. The number of benzene rings is 2. The molecule has 3 nitrogen and oxygen atoms in total. The van der Waals surface area contributed by atoms with Gasteiger partial charge in [-0.25, -0.2) is 13.1 Å². The van der Waals surface area contributed by atoms with Crippen molar-refractivity contribution >= 4 is 10.0 Å². The summed E-state index contributed by atoms with van der Waals surface area (Å²) in [6.07, 6.45) is 0. The smallest absolute Gasteiger partial charge is 0.212 e. The van der Waals surface area contributed by atoms with Crippen LogP contribution in [-0.4, -0.2) is 8.42 Å². The third-order valence-corrected chi connectivity index (χ3v) is 5.64. The van der Waals surface area contributed by atoms with Gasteiger partial charge in [0.25, 0.3) is 0 Å². The average Bonchev–Trinajstić information content (AvgIpc) is 2.48. The Bertz CT molecular complexity index is 787. The lowest BCUT2D eigenvalue weighted by molar-refractivity contribution is 0.565. The van der Waals surface area contributed by atoms with E-state index < -0.39 is 10.0 Å². The van der Waals surface area contributed by atoms with E-state index >= 15 is 0 Å². The molecule has 2 aromatic carbocycles. The lowest BCUT2D eigenvalue weighted by atomic mass is 9.86. The van der Waals surface area contributed by atoms with Gasteiger partial charge in [0.15, 0.2) is 0 Å². The minimum absolute atomic E-state index is 0.00406. The van der Waals surface area contributed by atoms with Gasteiger partial charge in [-0.2, -0.15) is 0 Å². The molecule has 2 aromatic rings. The zero-order chi connectivity index (χ0) is 18.0. The molecule has 0 spiro atoms. The van der Waals surface area contributed by atoms with Crippen molar-refractivity contribution in [2.45, 2.75) is 51.8 Å². The maximum absolute atomic E-state index is 12.5. The molecule has 0 saturated heterocycles. The van der Waals surface area contributed by atoms with Gasteiger partial charge in [0.1, 0.15) is 0 Å². The first-order valence-corrected chi connectivity index (χ1v) is 9.89. The Hall–Kier alpha value is -1.65. The summed E-state index contributed by atoms with van der Waals surface area (Å²) in [6.45, 7) is 10.3. The van der Waals surface area contributed by atoms with Crippen LogP contribution in [0.5, 0.6) is 0 Å². The van der Waals surface area contributed by atoms with Crippen LogP contribution in [0.15, 0.2) is 48.5 Å². The van der Waals surface area contributed by atoms with Gasteiger partial charge in [0.2, 0.25) is 10.0 Å². The molecule has 0 amide bonds. The molecule has 1 N–H and O–H groups in total. The monoisotopic (exact) mass is 345 g/mol. The Morgan fingerprint density at radius 1 is 1.00 bits per heavy atom. The molecule has 0 aliphatic rings. The van der Waals surface area contributed by atoms with Crippen LogP contribution in [0.1, 0.15) is 56.0 Å². The number of aryl methyl sites for hydroxylation is 1. The maximum atomic E-state index is 12.5. The van der Waals surface area contributed by atoms with Gasteiger partial charge in [-0.05, 0) is 41.5 Å². The fraction of sp³-hybridized carbons (Fsp3) is 0.400. The highest BCUT2D eigenvalue weighted by Gasteiger charge is 2.18. The van der Waals surface area contributed by atoms with Gasteiger partial charge in [-0.1, -0.05) is 69.3 Å². The molecular weight excluding hydrogens is 318 g/mol. The van der Waals surface area contributed by atoms with E-state index in [2.05, 4.69) is 37.6 Å². The van der Waals surface area contributed by atoms with E-state index in [4.69, 9.17) is 0 Å². The number of rotatable bonds is 5. The molecule has 0 aliphatic heterocycles. The van der Waals surface area contributed by atoms with Gasteiger partial charge in [-0.15, -0.1) is 0 Å². The van der Waals surface area contributed by atoms with E-state index in [9.17, 15) is 8.42 Å². The molecule has 4 heteroatoms. The highest BCUT2D eigenvalue weighted by molar-refractivity contribution is 7.88. The molecule has 0 heterocycles. The molecule has 0 radical (unpaired) electrons. The first-order valence-electron chi connectivity index (χ1n) is 8.23. The Balaban J connectivity index is 2.10. The molecule has 2 rings (SSSR count). The summed E-state index contributed by atoms with van der Waals surface area (Å²) in [4.78, 5) is 0. The number of hydrogen-bond donors (Lipinski definition) is 1. The van der Waals surface area contributed by atoms with E-state index in [0.29, 0.717) is 0 Å². The zero-order valence-corrected chi connectivity index (χ0v) is 15.9. The summed E-state index contributed by atoms with van der Waals surface area (Å²) in [5.41, 5.74) is 4.12. The molecule has 0 aliphatic carbocycles. The van der Waals surface area contributed by atoms with E-state index in [1.54, 1.807) is 0 Å². The third kappa shape index (κ3) is 4.92. The molecule has 130 valence electrons. The van der Waals surface area contributed by atoms with Gasteiger partial charge < -0.3 is 0 Å². The van der Waals surface area contributed by atoms with Crippen molar-refractivity contribution in [2.75, 3.05) is 0 Å². The van der Waals surface area contributed by atoms with E-state index in [1.165, 1.54) is 5.56 Å². The lowest BCUT2D eigenvalue weighted by Crippen LogP contribution is -2.28. The fourth-order valence-corrected chi connectivity index (χ4v) is 4.12. The summed E-state index contributed by atoms with van der Waals surface area (Å²) in [5.74, 6) is 0.00406. The molecule has 0 saturated carbocycles. The SMILES string of the molecule is Cc1ccccc1CS(=O)(=O)N[C@H](C)c1ccc(C(C)(C)C)cc1. The molecule has 0 bridgehead atoms. The van der Waals surface area contributed by atoms with E-state index in [0.717, 1.165) is 16.7 Å². The van der Waals surface area contributed by atoms with Crippen molar-refractivity contribution in [3.05, 3.63) is 70.8 Å². The molecule has 0 fully saturated rings. The standard InChI is InChI=1S/C20H27NO2S/c1-15-8-6-7-9-18(15)14-24(22,23)21-16(2)17-10-12-19(13-11-17)20(3,4)5/h6-13,16,21H,14H2,1-5H3/t16-/m1/s1. The first-order chi connectivity index (χ1) is 11.1. The molecule has 0 unspecified atom stereocenters. The number of nitrogens with one attached hydrogen (secondary N) is 1. The summed E-state index contributed by atoms with van der Waals surface area (Å²) in [6, 6.07) is 15.5. The second kappa shape index (κ2) is 7.08. The molecule has 1 atom stereocenters. The maximum Gasteiger partial charge on any atom is 0.216 e. The second-order valence-electron chi connectivity index (χ2n) is 7.40. The normalized spacial score (nSPS) is 13.7. The van der Waals surface area contributed by atoms with E-state index in [-0.39, 0.29) is 17.2 Å². The van der Waals surface area contributed by atoms with Crippen molar-refractivity contribution < 1.29 is 8.42 Å². The number of hydrogen-bond acceptors (Lipinski definition) is 2. The summed E-state index contributed by atoms with van der Waals surface area (Å²) in [7, 11) is -3.39. The van der Waals surface area contributed by atoms with Crippen LogP contribution in [0.2, 0.25) is 0 Å². The van der Waals surface area contributed by atoms with Gasteiger partial charge in [0, 0.05) is 6.04 Å². The first kappa shape index (κ1) is 18.7. The average molecular weight is 346 g/mol. The van der Waals surface area contributed by atoms with Crippen LogP contribution in [-0.2, 0) is 21.2 Å². The van der Waals surface area contributed by atoms with Crippen molar-refractivity contribution in [1.82, 2.24) is 4.72 Å². The molecule has 0 aromatic heterocycles. The third-order valence-electron chi connectivity index (χ3n) is 4.24. The summed E-state index contributed by atoms with van der Waals surface area (Å²) in [5, 5.41) is 0. The molecule has 24 heavy (non-hydrogen) atoms. The van der Waals surface area contributed by atoms with Crippen LogP contribution in [0.4, 0.5) is 0 Å². The Morgan fingerprint density at radius 2 is 1.58 bits per heavy atom.